The van der Waals surface area contributed by atoms with Crippen LogP contribution in [0.5, 0.6) is 0 Å². The molecular weight excluding hydrogens is 320 g/mol. The van der Waals surface area contributed by atoms with Crippen molar-refractivity contribution in [3.8, 4) is 0 Å². The Morgan fingerprint density at radius 1 is 0.962 bits per heavy atom. The van der Waals surface area contributed by atoms with Gasteiger partial charge in [-0.1, -0.05) is 91.4 Å². The molecule has 2 fully saturated rings. The summed E-state index contributed by atoms with van der Waals surface area (Å²) in [7, 11) is 0. The maximum absolute atomic E-state index is 12.3. The van der Waals surface area contributed by atoms with Crippen LogP contribution >= 0.6 is 0 Å². The van der Waals surface area contributed by atoms with Crippen molar-refractivity contribution in [3.05, 3.63) is 0 Å². The van der Waals surface area contributed by atoms with Crippen LogP contribution in [0.15, 0.2) is 0 Å². The second-order valence-electron chi connectivity index (χ2n) is 9.86. The van der Waals surface area contributed by atoms with E-state index in [-0.39, 0.29) is 5.92 Å². The van der Waals surface area contributed by atoms with Crippen molar-refractivity contribution in [2.24, 2.45) is 29.1 Å². The number of carboxylic acid groups (broad SMARTS) is 1. The van der Waals surface area contributed by atoms with E-state index in [2.05, 4.69) is 20.8 Å². The van der Waals surface area contributed by atoms with Crippen molar-refractivity contribution in [3.63, 3.8) is 0 Å². The summed E-state index contributed by atoms with van der Waals surface area (Å²) in [5.41, 5.74) is 0.375. The molecule has 2 aliphatic carbocycles. The van der Waals surface area contributed by atoms with Gasteiger partial charge in [-0.25, -0.2) is 0 Å². The average Bonchev–Trinajstić information content (AvgIpc) is 2.62. The van der Waals surface area contributed by atoms with Gasteiger partial charge in [0.05, 0.1) is 5.92 Å². The number of aliphatic carboxylic acids is 1. The van der Waals surface area contributed by atoms with Gasteiger partial charge in [0, 0.05) is 0 Å². The van der Waals surface area contributed by atoms with Gasteiger partial charge in [-0.05, 0) is 48.9 Å². The molecule has 2 nitrogen and oxygen atoms in total. The maximum atomic E-state index is 12.3. The molecule has 0 aromatic heterocycles. The Hall–Kier alpha value is -0.530. The fourth-order valence-electron chi connectivity index (χ4n) is 6.24. The summed E-state index contributed by atoms with van der Waals surface area (Å²) < 4.78 is 0. The lowest BCUT2D eigenvalue weighted by Crippen LogP contribution is -2.45. The minimum Gasteiger partial charge on any atom is -0.481 e. The highest BCUT2D eigenvalue weighted by atomic mass is 16.4. The van der Waals surface area contributed by atoms with Gasteiger partial charge in [-0.3, -0.25) is 4.79 Å². The highest BCUT2D eigenvalue weighted by Crippen LogP contribution is 2.54. The fraction of sp³-hybridized carbons (Fsp3) is 0.958. The Morgan fingerprint density at radius 3 is 2.23 bits per heavy atom. The minimum absolute atomic E-state index is 0.0748. The zero-order chi connectivity index (χ0) is 19.0. The van der Waals surface area contributed by atoms with Gasteiger partial charge in [0.15, 0.2) is 0 Å². The molecule has 0 saturated heterocycles. The zero-order valence-corrected chi connectivity index (χ0v) is 17.8. The van der Waals surface area contributed by atoms with Crippen LogP contribution < -0.4 is 0 Å². The first kappa shape index (κ1) is 21.8. The summed E-state index contributed by atoms with van der Waals surface area (Å²) in [5.74, 6) is 0.947. The highest BCUT2D eigenvalue weighted by molar-refractivity contribution is 5.71. The van der Waals surface area contributed by atoms with E-state index in [0.717, 1.165) is 12.8 Å². The van der Waals surface area contributed by atoms with Gasteiger partial charge in [0.2, 0.25) is 0 Å². The van der Waals surface area contributed by atoms with Gasteiger partial charge in [0.1, 0.15) is 0 Å². The molecule has 1 N–H and O–H groups in total. The molecule has 0 heterocycles. The molecule has 4 unspecified atom stereocenters. The van der Waals surface area contributed by atoms with Crippen LogP contribution in [0.2, 0.25) is 0 Å². The average molecular weight is 365 g/mol. The number of hydrogen-bond donors (Lipinski definition) is 1. The van der Waals surface area contributed by atoms with Crippen molar-refractivity contribution < 1.29 is 9.90 Å². The lowest BCUT2D eigenvalue weighted by molar-refractivity contribution is -0.152. The lowest BCUT2D eigenvalue weighted by Gasteiger charge is -2.49. The van der Waals surface area contributed by atoms with Crippen molar-refractivity contribution in [1.29, 1.82) is 0 Å². The van der Waals surface area contributed by atoms with Crippen LogP contribution in [0.1, 0.15) is 117 Å². The molecule has 4 atom stereocenters. The second kappa shape index (κ2) is 10.7. The van der Waals surface area contributed by atoms with Crippen LogP contribution in [-0.2, 0) is 4.79 Å². The van der Waals surface area contributed by atoms with E-state index >= 15 is 0 Å². The molecule has 0 aromatic rings. The SMILES string of the molecule is CCCCCC1CC(C)(CCCCC)CC(C2CCCCC2)C1C(=O)O. The predicted molar refractivity (Wildman–Crippen MR) is 110 cm³/mol. The van der Waals surface area contributed by atoms with Gasteiger partial charge < -0.3 is 5.11 Å². The van der Waals surface area contributed by atoms with Crippen LogP contribution in [0.3, 0.4) is 0 Å². The summed E-state index contributed by atoms with van der Waals surface area (Å²) in [6.45, 7) is 7.01. The molecule has 0 amide bonds. The van der Waals surface area contributed by atoms with Gasteiger partial charge in [0.25, 0.3) is 0 Å². The number of hydrogen-bond acceptors (Lipinski definition) is 1. The van der Waals surface area contributed by atoms with Gasteiger partial charge in [-0.15, -0.1) is 0 Å². The molecule has 2 saturated carbocycles. The molecule has 2 heteroatoms. The quantitative estimate of drug-likeness (QED) is 0.408. The lowest BCUT2D eigenvalue weighted by atomic mass is 9.55. The van der Waals surface area contributed by atoms with Crippen LogP contribution in [-0.4, -0.2) is 11.1 Å². The minimum atomic E-state index is -0.488. The number of rotatable bonds is 10. The molecule has 2 aliphatic rings. The summed E-state index contributed by atoms with van der Waals surface area (Å²) >= 11 is 0. The molecular formula is C24H44O2. The molecule has 0 spiro atoms. The number of unbranched alkanes of at least 4 members (excludes halogenated alkanes) is 4. The van der Waals surface area contributed by atoms with E-state index in [4.69, 9.17) is 0 Å². The third-order valence-corrected chi connectivity index (χ3v) is 7.56. The largest absolute Gasteiger partial charge is 0.481 e. The van der Waals surface area contributed by atoms with E-state index in [1.807, 2.05) is 0 Å². The second-order valence-corrected chi connectivity index (χ2v) is 9.86. The Bertz CT molecular complexity index is 412. The maximum Gasteiger partial charge on any atom is 0.307 e. The Morgan fingerprint density at radius 2 is 1.62 bits per heavy atom. The topological polar surface area (TPSA) is 37.3 Å². The summed E-state index contributed by atoms with van der Waals surface area (Å²) in [6, 6.07) is 0. The molecule has 0 aromatic carbocycles. The van der Waals surface area contributed by atoms with Crippen LogP contribution in [0.25, 0.3) is 0 Å². The first-order valence-corrected chi connectivity index (χ1v) is 11.7. The van der Waals surface area contributed by atoms with Crippen molar-refractivity contribution >= 4 is 5.97 Å². The predicted octanol–water partition coefficient (Wildman–Crippen LogP) is 7.46. The van der Waals surface area contributed by atoms with Crippen LogP contribution in [0.4, 0.5) is 0 Å². The molecule has 152 valence electrons. The third-order valence-electron chi connectivity index (χ3n) is 7.56. The van der Waals surface area contributed by atoms with Crippen molar-refractivity contribution in [2.45, 2.75) is 117 Å². The molecule has 0 aliphatic heterocycles. The Kier molecular flexibility index (Phi) is 8.97. The summed E-state index contributed by atoms with van der Waals surface area (Å²) in [6.07, 6.45) is 18.9. The zero-order valence-electron chi connectivity index (χ0n) is 17.8. The van der Waals surface area contributed by atoms with Crippen molar-refractivity contribution in [1.82, 2.24) is 0 Å². The van der Waals surface area contributed by atoms with E-state index < -0.39 is 5.97 Å². The summed E-state index contributed by atoms with van der Waals surface area (Å²) in [4.78, 5) is 12.3. The first-order chi connectivity index (χ1) is 12.5. The van der Waals surface area contributed by atoms with E-state index in [9.17, 15) is 9.90 Å². The Labute approximate surface area is 162 Å². The van der Waals surface area contributed by atoms with E-state index in [1.54, 1.807) is 0 Å². The number of carbonyl (C=O) groups is 1. The van der Waals surface area contributed by atoms with Gasteiger partial charge >= 0.3 is 5.97 Å². The number of carboxylic acids is 1. The smallest absolute Gasteiger partial charge is 0.307 e. The molecule has 2 rings (SSSR count). The standard InChI is InChI=1S/C24H44O2/c1-4-6-9-15-20-17-24(3,16-12-7-5-2)18-21(22(20)23(25)26)19-13-10-8-11-14-19/h19-22H,4-18H2,1-3H3,(H,25,26). The van der Waals surface area contributed by atoms with E-state index in [0.29, 0.717) is 23.2 Å². The Balaban J connectivity index is 2.17. The molecule has 26 heavy (non-hydrogen) atoms. The first-order valence-electron chi connectivity index (χ1n) is 11.7. The monoisotopic (exact) mass is 364 g/mol. The fourth-order valence-corrected chi connectivity index (χ4v) is 6.24. The van der Waals surface area contributed by atoms with Crippen LogP contribution in [0, 0.1) is 29.1 Å². The molecule has 0 bridgehead atoms. The molecule has 0 radical (unpaired) electrons. The van der Waals surface area contributed by atoms with Gasteiger partial charge in [-0.2, -0.15) is 0 Å². The highest BCUT2D eigenvalue weighted by Gasteiger charge is 2.48. The third kappa shape index (κ3) is 5.99. The van der Waals surface area contributed by atoms with Crippen molar-refractivity contribution in [2.75, 3.05) is 0 Å². The summed E-state index contributed by atoms with van der Waals surface area (Å²) in [5, 5.41) is 10.2. The normalized spacial score (nSPS) is 33.3. The van der Waals surface area contributed by atoms with E-state index in [1.165, 1.54) is 83.5 Å².